The minimum Gasteiger partial charge on any atom is -0.483 e. The maximum absolute atomic E-state index is 12.6. The highest BCUT2D eigenvalue weighted by molar-refractivity contribution is 5.89. The summed E-state index contributed by atoms with van der Waals surface area (Å²) in [5.74, 6) is 0. The van der Waals surface area contributed by atoms with E-state index < -0.39 is 17.8 Å². The summed E-state index contributed by atoms with van der Waals surface area (Å²) in [6, 6.07) is 14.3. The number of carbonyl (C=O) groups is 2. The summed E-state index contributed by atoms with van der Waals surface area (Å²) in [6.07, 6.45) is -3.59. The van der Waals surface area contributed by atoms with E-state index in [9.17, 15) is 18.0 Å². The van der Waals surface area contributed by atoms with Crippen molar-refractivity contribution in [1.82, 2.24) is 10.2 Å². The van der Waals surface area contributed by atoms with Gasteiger partial charge in [-0.3, -0.25) is 9.69 Å². The molecular weight excluding hydrogens is 427 g/mol. The number of morpholine rings is 1. The first-order valence-electron chi connectivity index (χ1n) is 10.0. The maximum Gasteiger partial charge on any atom is 0.416 e. The number of urea groups is 1. The Balaban J connectivity index is 0.000000913. The predicted octanol–water partition coefficient (Wildman–Crippen LogP) is 3.74. The summed E-state index contributed by atoms with van der Waals surface area (Å²) in [4.78, 5) is 22.9. The molecule has 3 N–H and O–H groups in total. The van der Waals surface area contributed by atoms with E-state index in [-0.39, 0.29) is 24.7 Å². The van der Waals surface area contributed by atoms with E-state index in [2.05, 4.69) is 15.5 Å². The van der Waals surface area contributed by atoms with Gasteiger partial charge in [0.1, 0.15) is 0 Å². The fraction of sp³-hybridized carbons (Fsp3) is 0.364. The van der Waals surface area contributed by atoms with Crippen molar-refractivity contribution in [3.8, 4) is 0 Å². The van der Waals surface area contributed by atoms with Gasteiger partial charge in [-0.15, -0.1) is 0 Å². The van der Waals surface area contributed by atoms with E-state index in [1.165, 1.54) is 12.1 Å². The summed E-state index contributed by atoms with van der Waals surface area (Å²) in [5.41, 5.74) is 0.713. The summed E-state index contributed by atoms with van der Waals surface area (Å²) in [6.45, 7) is 1.85. The third kappa shape index (κ3) is 6.21. The van der Waals surface area contributed by atoms with Gasteiger partial charge in [-0.1, -0.05) is 30.3 Å². The summed E-state index contributed by atoms with van der Waals surface area (Å²) < 4.78 is 43.9. The van der Waals surface area contributed by atoms with E-state index >= 15 is 0 Å². The molecule has 32 heavy (non-hydrogen) atoms. The molecule has 4 rings (SSSR count). The van der Waals surface area contributed by atoms with E-state index in [1.807, 2.05) is 30.3 Å². The summed E-state index contributed by atoms with van der Waals surface area (Å²) >= 11 is 0. The van der Waals surface area contributed by atoms with Gasteiger partial charge in [-0.2, -0.15) is 13.2 Å². The van der Waals surface area contributed by atoms with Crippen LogP contribution in [0.3, 0.4) is 0 Å². The van der Waals surface area contributed by atoms with Crippen molar-refractivity contribution >= 4 is 18.2 Å². The smallest absolute Gasteiger partial charge is 0.416 e. The standard InChI is InChI=1S/C21H22F3N3O2.CH2O2/c22-21(23,24)15-6-8-16(9-7-15)25-20(28)26-17-10-18-13-29-19(12-27(18)11-17)14-4-2-1-3-5-14;2-1-3/h1-9,17-19H,10-13H2,(H2,25,26,28);1H,(H,2,3)/t17-,18-,19+;/m0./s1. The monoisotopic (exact) mass is 451 g/mol. The van der Waals surface area contributed by atoms with Crippen LogP contribution in [0.15, 0.2) is 54.6 Å². The number of rotatable bonds is 3. The Hall–Kier alpha value is -3.11. The molecule has 2 aromatic rings. The number of amides is 2. The Bertz CT molecular complexity index is 894. The lowest BCUT2D eigenvalue weighted by molar-refractivity contribution is -0.137. The lowest BCUT2D eigenvalue weighted by Crippen LogP contribution is -2.43. The van der Waals surface area contributed by atoms with Crippen molar-refractivity contribution in [2.75, 3.05) is 25.0 Å². The second-order valence-electron chi connectivity index (χ2n) is 7.55. The third-order valence-electron chi connectivity index (χ3n) is 5.39. The molecule has 2 amide bonds. The molecule has 0 aromatic heterocycles. The number of hydrogen-bond donors (Lipinski definition) is 3. The molecule has 7 nitrogen and oxygen atoms in total. The third-order valence-corrected chi connectivity index (χ3v) is 5.39. The summed E-state index contributed by atoms with van der Waals surface area (Å²) in [5, 5.41) is 12.4. The van der Waals surface area contributed by atoms with Crippen molar-refractivity contribution in [2.24, 2.45) is 0 Å². The van der Waals surface area contributed by atoms with Crippen molar-refractivity contribution in [1.29, 1.82) is 0 Å². The minimum absolute atomic E-state index is 0.0205. The average Bonchev–Trinajstić information content (AvgIpc) is 3.16. The van der Waals surface area contributed by atoms with Crippen LogP contribution in [-0.4, -0.2) is 54.3 Å². The Morgan fingerprint density at radius 2 is 1.75 bits per heavy atom. The molecule has 2 aromatic carbocycles. The van der Waals surface area contributed by atoms with Gasteiger partial charge in [0.15, 0.2) is 0 Å². The molecule has 2 fully saturated rings. The highest BCUT2D eigenvalue weighted by atomic mass is 19.4. The fourth-order valence-electron chi connectivity index (χ4n) is 3.94. The van der Waals surface area contributed by atoms with E-state index in [4.69, 9.17) is 14.6 Å². The zero-order valence-corrected chi connectivity index (χ0v) is 17.1. The SMILES string of the molecule is O=C(Nc1ccc(C(F)(F)F)cc1)N[C@H]1C[C@H]2CO[C@@H](c3ccccc3)CN2C1.O=CO. The van der Waals surface area contributed by atoms with Gasteiger partial charge < -0.3 is 20.5 Å². The second kappa shape index (κ2) is 10.5. The van der Waals surface area contributed by atoms with Crippen LogP contribution < -0.4 is 10.6 Å². The predicted molar refractivity (Wildman–Crippen MR) is 111 cm³/mol. The van der Waals surface area contributed by atoms with Crippen molar-refractivity contribution < 1.29 is 32.6 Å². The number of nitrogens with one attached hydrogen (secondary N) is 2. The number of hydrogen-bond acceptors (Lipinski definition) is 4. The van der Waals surface area contributed by atoms with Gasteiger partial charge in [-0.05, 0) is 36.2 Å². The number of nitrogens with zero attached hydrogens (tertiary/aromatic N) is 1. The molecule has 10 heteroatoms. The Morgan fingerprint density at radius 3 is 2.38 bits per heavy atom. The lowest BCUT2D eigenvalue weighted by Gasteiger charge is -2.35. The number of ether oxygens (including phenoxy) is 1. The zero-order chi connectivity index (χ0) is 23.1. The number of carboxylic acid groups (broad SMARTS) is 1. The van der Waals surface area contributed by atoms with Crippen LogP contribution in [0, 0.1) is 0 Å². The van der Waals surface area contributed by atoms with Crippen LogP contribution in [0.2, 0.25) is 0 Å². The van der Waals surface area contributed by atoms with E-state index in [0.29, 0.717) is 12.3 Å². The molecule has 3 atom stereocenters. The van der Waals surface area contributed by atoms with Crippen LogP contribution in [0.25, 0.3) is 0 Å². The first-order chi connectivity index (χ1) is 15.3. The number of fused-ring (bicyclic) bond motifs is 1. The normalized spacial score (nSPS) is 22.8. The maximum atomic E-state index is 12.6. The molecule has 0 aliphatic carbocycles. The molecule has 0 bridgehead atoms. The molecule has 2 heterocycles. The Kier molecular flexibility index (Phi) is 7.70. The lowest BCUT2D eigenvalue weighted by atomic mass is 10.1. The Morgan fingerprint density at radius 1 is 1.09 bits per heavy atom. The van der Waals surface area contributed by atoms with Crippen LogP contribution in [0.1, 0.15) is 23.7 Å². The van der Waals surface area contributed by atoms with Crippen molar-refractivity contribution in [3.63, 3.8) is 0 Å². The fourth-order valence-corrected chi connectivity index (χ4v) is 3.94. The first-order valence-corrected chi connectivity index (χ1v) is 10.0. The second-order valence-corrected chi connectivity index (χ2v) is 7.55. The van der Waals surface area contributed by atoms with Crippen molar-refractivity contribution in [3.05, 3.63) is 65.7 Å². The highest BCUT2D eigenvalue weighted by Crippen LogP contribution is 2.31. The molecule has 0 unspecified atom stereocenters. The summed E-state index contributed by atoms with van der Waals surface area (Å²) in [7, 11) is 0. The number of anilines is 1. The van der Waals surface area contributed by atoms with Crippen LogP contribution in [-0.2, 0) is 15.7 Å². The average molecular weight is 451 g/mol. The number of halogens is 3. The van der Waals surface area contributed by atoms with Crippen LogP contribution in [0.4, 0.5) is 23.7 Å². The van der Waals surface area contributed by atoms with Gasteiger partial charge >= 0.3 is 12.2 Å². The first kappa shape index (κ1) is 23.6. The van der Waals surface area contributed by atoms with Gasteiger partial charge in [0.05, 0.1) is 18.3 Å². The minimum atomic E-state index is -4.39. The Labute approximate surface area is 183 Å². The molecule has 0 saturated carbocycles. The zero-order valence-electron chi connectivity index (χ0n) is 17.1. The van der Waals surface area contributed by atoms with E-state index in [1.54, 1.807) is 0 Å². The molecule has 2 aliphatic rings. The molecule has 2 saturated heterocycles. The van der Waals surface area contributed by atoms with Gasteiger partial charge in [0.25, 0.3) is 6.47 Å². The van der Waals surface area contributed by atoms with Gasteiger partial charge in [0.2, 0.25) is 0 Å². The van der Waals surface area contributed by atoms with Crippen LogP contribution in [0.5, 0.6) is 0 Å². The number of carbonyl (C=O) groups excluding carboxylic acids is 1. The quantitative estimate of drug-likeness (QED) is 0.619. The molecular formula is C22H24F3N3O4. The topological polar surface area (TPSA) is 90.9 Å². The largest absolute Gasteiger partial charge is 0.483 e. The number of alkyl halides is 3. The van der Waals surface area contributed by atoms with Crippen LogP contribution >= 0.6 is 0 Å². The van der Waals surface area contributed by atoms with Gasteiger partial charge in [0, 0.05) is 30.9 Å². The van der Waals surface area contributed by atoms with Crippen molar-refractivity contribution in [2.45, 2.75) is 30.8 Å². The molecule has 0 radical (unpaired) electrons. The van der Waals surface area contributed by atoms with Gasteiger partial charge in [-0.25, -0.2) is 4.79 Å². The molecule has 2 aliphatic heterocycles. The molecule has 172 valence electrons. The molecule has 0 spiro atoms. The van der Waals surface area contributed by atoms with E-state index in [0.717, 1.165) is 37.2 Å². The highest BCUT2D eigenvalue weighted by Gasteiger charge is 2.38. The number of benzene rings is 2.